The molecule has 0 aliphatic carbocycles. The second-order valence-electron chi connectivity index (χ2n) is 6.30. The summed E-state index contributed by atoms with van der Waals surface area (Å²) in [5.41, 5.74) is 2.28. The van der Waals surface area contributed by atoms with Crippen LogP contribution in [0.25, 0.3) is 0 Å². The van der Waals surface area contributed by atoms with Crippen LogP contribution in [0.4, 0.5) is 5.69 Å². The molecule has 29 heavy (non-hydrogen) atoms. The Kier molecular flexibility index (Phi) is 5.54. The summed E-state index contributed by atoms with van der Waals surface area (Å²) < 4.78 is 7.48. The number of halogens is 1. The predicted octanol–water partition coefficient (Wildman–Crippen LogP) is 5.02. The summed E-state index contributed by atoms with van der Waals surface area (Å²) in [6, 6.07) is 21.8. The van der Waals surface area contributed by atoms with E-state index in [9.17, 15) is 4.79 Å². The van der Waals surface area contributed by atoms with Gasteiger partial charge in [0.05, 0.1) is 11.6 Å². The van der Waals surface area contributed by atoms with Gasteiger partial charge in [-0.25, -0.2) is 9.67 Å². The zero-order valence-electron chi connectivity index (χ0n) is 15.3. The molecule has 1 amide bonds. The van der Waals surface area contributed by atoms with Gasteiger partial charge in [0.25, 0.3) is 5.91 Å². The molecule has 0 spiro atoms. The third-order valence-corrected chi connectivity index (χ3v) is 4.52. The van der Waals surface area contributed by atoms with Gasteiger partial charge in [0.1, 0.15) is 24.2 Å². The number of amides is 1. The second kappa shape index (κ2) is 8.58. The number of rotatable bonds is 6. The van der Waals surface area contributed by atoms with Crippen molar-refractivity contribution in [1.82, 2.24) is 14.8 Å². The maximum Gasteiger partial charge on any atom is 0.255 e. The first-order valence-electron chi connectivity index (χ1n) is 8.92. The Balaban J connectivity index is 1.37. The number of para-hydroxylation sites is 1. The number of carbonyl (C=O) groups is 1. The monoisotopic (exact) mass is 404 g/mol. The summed E-state index contributed by atoms with van der Waals surface area (Å²) in [7, 11) is 0. The quantitative estimate of drug-likeness (QED) is 0.489. The maximum absolute atomic E-state index is 12.5. The number of aromatic nitrogens is 3. The number of hydrogen-bond donors (Lipinski definition) is 1. The average molecular weight is 405 g/mol. The van der Waals surface area contributed by atoms with Crippen LogP contribution in [0, 0.1) is 0 Å². The summed E-state index contributed by atoms with van der Waals surface area (Å²) in [5.74, 6) is 1.03. The van der Waals surface area contributed by atoms with Crippen LogP contribution in [0.1, 0.15) is 15.9 Å². The molecule has 4 aromatic rings. The molecular formula is C22H17ClN4O2. The van der Waals surface area contributed by atoms with E-state index in [0.717, 1.165) is 5.56 Å². The number of benzene rings is 3. The van der Waals surface area contributed by atoms with Gasteiger partial charge < -0.3 is 10.1 Å². The van der Waals surface area contributed by atoms with E-state index in [0.29, 0.717) is 34.3 Å². The Morgan fingerprint density at radius 2 is 1.76 bits per heavy atom. The fourth-order valence-electron chi connectivity index (χ4n) is 2.73. The molecule has 1 aromatic heterocycles. The van der Waals surface area contributed by atoms with Crippen LogP contribution < -0.4 is 10.1 Å². The fourth-order valence-corrected chi connectivity index (χ4v) is 2.90. The minimum Gasteiger partial charge on any atom is -0.456 e. The molecule has 144 valence electrons. The lowest BCUT2D eigenvalue weighted by atomic mass is 10.1. The number of hydrogen-bond acceptors (Lipinski definition) is 4. The number of nitrogens with zero attached hydrogens (tertiary/aromatic N) is 3. The van der Waals surface area contributed by atoms with Crippen molar-refractivity contribution < 1.29 is 9.53 Å². The standard InChI is InChI=1S/C22H17ClN4O2/c23-20-3-1-2-4-21(20)29-19-11-9-18(10-12-19)26-22(28)17-7-5-16(6-8-17)13-27-15-24-14-25-27/h1-12,14-15H,13H2,(H,26,28). The van der Waals surface area contributed by atoms with Crippen molar-refractivity contribution in [3.8, 4) is 11.5 Å². The highest BCUT2D eigenvalue weighted by Crippen LogP contribution is 2.29. The highest BCUT2D eigenvalue weighted by atomic mass is 35.5. The molecule has 4 rings (SSSR count). The van der Waals surface area contributed by atoms with Crippen LogP contribution in [-0.2, 0) is 6.54 Å². The molecule has 0 saturated carbocycles. The molecule has 0 bridgehead atoms. The second-order valence-corrected chi connectivity index (χ2v) is 6.71. The van der Waals surface area contributed by atoms with Crippen LogP contribution in [0.5, 0.6) is 11.5 Å². The highest BCUT2D eigenvalue weighted by molar-refractivity contribution is 6.32. The lowest BCUT2D eigenvalue weighted by Crippen LogP contribution is -2.12. The minimum atomic E-state index is -0.183. The van der Waals surface area contributed by atoms with Gasteiger partial charge in [-0.1, -0.05) is 35.9 Å². The van der Waals surface area contributed by atoms with Gasteiger partial charge in [-0.05, 0) is 54.1 Å². The summed E-state index contributed by atoms with van der Waals surface area (Å²) in [6.45, 7) is 0.606. The molecule has 7 heteroatoms. The molecule has 0 aliphatic rings. The molecular weight excluding hydrogens is 388 g/mol. The lowest BCUT2D eigenvalue weighted by Gasteiger charge is -2.09. The lowest BCUT2D eigenvalue weighted by molar-refractivity contribution is 0.102. The first-order chi connectivity index (χ1) is 14.2. The first kappa shape index (κ1) is 18.7. The molecule has 0 radical (unpaired) electrons. The van der Waals surface area contributed by atoms with Crippen molar-refractivity contribution >= 4 is 23.2 Å². The Morgan fingerprint density at radius 3 is 2.45 bits per heavy atom. The SMILES string of the molecule is O=C(Nc1ccc(Oc2ccccc2Cl)cc1)c1ccc(Cn2cncn2)cc1. The Bertz CT molecular complexity index is 1090. The minimum absolute atomic E-state index is 0.183. The van der Waals surface area contributed by atoms with Crippen LogP contribution >= 0.6 is 11.6 Å². The van der Waals surface area contributed by atoms with E-state index in [-0.39, 0.29) is 5.91 Å². The van der Waals surface area contributed by atoms with E-state index < -0.39 is 0 Å². The van der Waals surface area contributed by atoms with Gasteiger partial charge in [0.15, 0.2) is 0 Å². The Labute approximate surface area is 172 Å². The van der Waals surface area contributed by atoms with Crippen LogP contribution in [-0.4, -0.2) is 20.7 Å². The average Bonchev–Trinajstić information content (AvgIpc) is 3.25. The third-order valence-electron chi connectivity index (χ3n) is 4.20. The molecule has 0 aliphatic heterocycles. The van der Waals surface area contributed by atoms with Gasteiger partial charge in [0.2, 0.25) is 0 Å². The van der Waals surface area contributed by atoms with Gasteiger partial charge >= 0.3 is 0 Å². The van der Waals surface area contributed by atoms with Gasteiger partial charge in [0, 0.05) is 11.3 Å². The number of carbonyl (C=O) groups excluding carboxylic acids is 1. The summed E-state index contributed by atoms with van der Waals surface area (Å²) in [6.07, 6.45) is 3.15. The maximum atomic E-state index is 12.5. The summed E-state index contributed by atoms with van der Waals surface area (Å²) in [4.78, 5) is 16.4. The predicted molar refractivity (Wildman–Crippen MR) is 111 cm³/mol. The van der Waals surface area contributed by atoms with E-state index in [1.807, 2.05) is 24.3 Å². The smallest absolute Gasteiger partial charge is 0.255 e. The van der Waals surface area contributed by atoms with E-state index in [1.165, 1.54) is 6.33 Å². The van der Waals surface area contributed by atoms with E-state index in [4.69, 9.17) is 16.3 Å². The van der Waals surface area contributed by atoms with Gasteiger partial charge in [-0.15, -0.1) is 0 Å². The van der Waals surface area contributed by atoms with Crippen molar-refractivity contribution in [1.29, 1.82) is 0 Å². The van der Waals surface area contributed by atoms with Crippen molar-refractivity contribution in [2.24, 2.45) is 0 Å². The fraction of sp³-hybridized carbons (Fsp3) is 0.0455. The van der Waals surface area contributed by atoms with Crippen LogP contribution in [0.15, 0.2) is 85.5 Å². The topological polar surface area (TPSA) is 69.0 Å². The zero-order valence-corrected chi connectivity index (χ0v) is 16.1. The van der Waals surface area contributed by atoms with E-state index >= 15 is 0 Å². The van der Waals surface area contributed by atoms with Crippen molar-refractivity contribution in [3.05, 3.63) is 102 Å². The molecule has 0 saturated heterocycles. The normalized spacial score (nSPS) is 10.5. The molecule has 1 heterocycles. The summed E-state index contributed by atoms with van der Waals surface area (Å²) in [5, 5.41) is 7.49. The third kappa shape index (κ3) is 4.80. The summed E-state index contributed by atoms with van der Waals surface area (Å²) >= 11 is 6.10. The van der Waals surface area contributed by atoms with Crippen LogP contribution in [0.3, 0.4) is 0 Å². The molecule has 0 unspecified atom stereocenters. The largest absolute Gasteiger partial charge is 0.456 e. The molecule has 0 atom stereocenters. The molecule has 0 fully saturated rings. The van der Waals surface area contributed by atoms with Crippen molar-refractivity contribution in [2.45, 2.75) is 6.54 Å². The zero-order chi connectivity index (χ0) is 20.1. The van der Waals surface area contributed by atoms with E-state index in [1.54, 1.807) is 59.5 Å². The Morgan fingerprint density at radius 1 is 1.00 bits per heavy atom. The van der Waals surface area contributed by atoms with Crippen LogP contribution in [0.2, 0.25) is 5.02 Å². The van der Waals surface area contributed by atoms with Crippen molar-refractivity contribution in [2.75, 3.05) is 5.32 Å². The number of anilines is 1. The van der Waals surface area contributed by atoms with Gasteiger partial charge in [-0.2, -0.15) is 5.10 Å². The van der Waals surface area contributed by atoms with Crippen molar-refractivity contribution in [3.63, 3.8) is 0 Å². The number of nitrogens with one attached hydrogen (secondary N) is 1. The molecule has 1 N–H and O–H groups in total. The highest BCUT2D eigenvalue weighted by Gasteiger charge is 2.07. The molecule has 3 aromatic carbocycles. The Hall–Kier alpha value is -3.64. The van der Waals surface area contributed by atoms with Gasteiger partial charge in [-0.3, -0.25) is 4.79 Å². The molecule has 6 nitrogen and oxygen atoms in total. The first-order valence-corrected chi connectivity index (χ1v) is 9.30. The number of ether oxygens (including phenoxy) is 1. The van der Waals surface area contributed by atoms with E-state index in [2.05, 4.69) is 15.4 Å².